The number of ether oxygens (including phenoxy) is 2. The minimum atomic E-state index is 0.608. The summed E-state index contributed by atoms with van der Waals surface area (Å²) < 4.78 is 11.1. The molecule has 0 aliphatic rings. The molecule has 0 saturated carbocycles. The van der Waals surface area contributed by atoms with Gasteiger partial charge in [0.25, 0.3) is 0 Å². The van der Waals surface area contributed by atoms with Gasteiger partial charge in [0.05, 0.1) is 19.3 Å². The lowest BCUT2D eigenvalue weighted by atomic mass is 10.5. The van der Waals surface area contributed by atoms with Crippen LogP contribution in [-0.4, -0.2) is 28.9 Å². The molecule has 4 nitrogen and oxygen atoms in total. The first-order valence-corrected chi connectivity index (χ1v) is 7.56. The lowest BCUT2D eigenvalue weighted by Crippen LogP contribution is -2.03. The van der Waals surface area contributed by atoms with Crippen molar-refractivity contribution in [3.63, 3.8) is 0 Å². The highest BCUT2D eigenvalue weighted by atomic mass is 32.2. The Hall–Kier alpha value is -0.970. The standard InChI is InChI=1S/C13H22N2O2S/c1-4-7-16-11-10-12(17-8-5-2)15-13(14-11)18-9-6-3/h10H,4-9H2,1-3H3. The zero-order valence-electron chi connectivity index (χ0n) is 11.4. The molecule has 0 amide bonds. The van der Waals surface area contributed by atoms with Gasteiger partial charge in [0, 0.05) is 5.75 Å². The summed E-state index contributed by atoms with van der Waals surface area (Å²) in [5, 5.41) is 0.733. The molecule has 0 spiro atoms. The molecule has 0 unspecified atom stereocenters. The summed E-state index contributed by atoms with van der Waals surface area (Å²) in [7, 11) is 0. The van der Waals surface area contributed by atoms with Gasteiger partial charge >= 0.3 is 0 Å². The quantitative estimate of drug-likeness (QED) is 0.507. The first-order chi connectivity index (χ1) is 8.80. The molecule has 0 radical (unpaired) electrons. The molecule has 0 atom stereocenters. The van der Waals surface area contributed by atoms with Gasteiger partial charge in [-0.15, -0.1) is 0 Å². The summed E-state index contributed by atoms with van der Waals surface area (Å²) in [6.07, 6.45) is 3.03. The highest BCUT2D eigenvalue weighted by Gasteiger charge is 2.07. The number of thioether (sulfide) groups is 1. The van der Waals surface area contributed by atoms with Crippen molar-refractivity contribution < 1.29 is 9.47 Å². The van der Waals surface area contributed by atoms with Crippen molar-refractivity contribution in [2.75, 3.05) is 19.0 Å². The Morgan fingerprint density at radius 1 is 0.944 bits per heavy atom. The van der Waals surface area contributed by atoms with Gasteiger partial charge in [0.15, 0.2) is 5.16 Å². The predicted octanol–water partition coefficient (Wildman–Crippen LogP) is 3.56. The van der Waals surface area contributed by atoms with E-state index in [1.807, 2.05) is 0 Å². The van der Waals surface area contributed by atoms with E-state index in [-0.39, 0.29) is 0 Å². The van der Waals surface area contributed by atoms with Crippen LogP contribution in [0.25, 0.3) is 0 Å². The maximum atomic E-state index is 5.55. The highest BCUT2D eigenvalue weighted by molar-refractivity contribution is 7.99. The molecule has 0 bridgehead atoms. The minimum absolute atomic E-state index is 0.608. The summed E-state index contributed by atoms with van der Waals surface area (Å²) in [6, 6.07) is 1.77. The van der Waals surface area contributed by atoms with Crippen LogP contribution >= 0.6 is 11.8 Å². The van der Waals surface area contributed by atoms with Gasteiger partial charge in [0.1, 0.15) is 0 Å². The summed E-state index contributed by atoms with van der Waals surface area (Å²) in [4.78, 5) is 8.73. The molecule has 0 saturated heterocycles. The summed E-state index contributed by atoms with van der Waals surface area (Å²) in [6.45, 7) is 7.62. The fraction of sp³-hybridized carbons (Fsp3) is 0.692. The Kier molecular flexibility index (Phi) is 7.57. The largest absolute Gasteiger partial charge is 0.477 e. The smallest absolute Gasteiger partial charge is 0.221 e. The third-order valence-electron chi connectivity index (χ3n) is 2.00. The minimum Gasteiger partial charge on any atom is -0.477 e. The molecule has 0 aliphatic carbocycles. The van der Waals surface area contributed by atoms with Crippen LogP contribution in [0.1, 0.15) is 40.0 Å². The second kappa shape index (κ2) is 9.03. The maximum Gasteiger partial charge on any atom is 0.221 e. The van der Waals surface area contributed by atoms with Gasteiger partial charge in [-0.25, -0.2) is 0 Å². The topological polar surface area (TPSA) is 44.2 Å². The van der Waals surface area contributed by atoms with Crippen molar-refractivity contribution >= 4 is 11.8 Å². The van der Waals surface area contributed by atoms with Crippen molar-refractivity contribution in [1.82, 2.24) is 9.97 Å². The molecule has 102 valence electrons. The molecule has 0 aliphatic heterocycles. The zero-order valence-corrected chi connectivity index (χ0v) is 12.3. The molecule has 1 rings (SSSR count). The van der Waals surface area contributed by atoms with Crippen LogP contribution in [0, 0.1) is 0 Å². The number of rotatable bonds is 9. The SMILES string of the molecule is CCCOc1cc(OCCC)nc(SCCC)n1. The Bertz CT molecular complexity index is 283. The van der Waals surface area contributed by atoms with Crippen LogP contribution in [0.4, 0.5) is 0 Å². The number of nitrogens with zero attached hydrogens (tertiary/aromatic N) is 2. The summed E-state index contributed by atoms with van der Waals surface area (Å²) >= 11 is 1.63. The van der Waals surface area contributed by atoms with E-state index in [4.69, 9.17) is 9.47 Å². The van der Waals surface area contributed by atoms with Crippen molar-refractivity contribution in [1.29, 1.82) is 0 Å². The van der Waals surface area contributed by atoms with Gasteiger partial charge in [-0.1, -0.05) is 32.5 Å². The first-order valence-electron chi connectivity index (χ1n) is 6.57. The maximum absolute atomic E-state index is 5.55. The molecule has 0 fully saturated rings. The third-order valence-corrected chi connectivity index (χ3v) is 3.06. The molecule has 1 aromatic heterocycles. The van der Waals surface area contributed by atoms with Crippen molar-refractivity contribution in [2.24, 2.45) is 0 Å². The molecule has 1 aromatic rings. The lowest BCUT2D eigenvalue weighted by Gasteiger charge is -2.09. The van der Waals surface area contributed by atoms with Gasteiger partial charge < -0.3 is 9.47 Å². The van der Waals surface area contributed by atoms with E-state index in [2.05, 4.69) is 30.7 Å². The van der Waals surface area contributed by atoms with E-state index in [1.165, 1.54) is 0 Å². The van der Waals surface area contributed by atoms with Crippen LogP contribution in [0.3, 0.4) is 0 Å². The van der Waals surface area contributed by atoms with Gasteiger partial charge in [0.2, 0.25) is 11.8 Å². The van der Waals surface area contributed by atoms with Crippen LogP contribution in [-0.2, 0) is 0 Å². The van der Waals surface area contributed by atoms with E-state index in [9.17, 15) is 0 Å². The van der Waals surface area contributed by atoms with Crippen molar-refractivity contribution in [3.8, 4) is 11.8 Å². The van der Waals surface area contributed by atoms with Crippen molar-refractivity contribution in [2.45, 2.75) is 45.2 Å². The predicted molar refractivity (Wildman–Crippen MR) is 74.6 cm³/mol. The van der Waals surface area contributed by atoms with Crippen molar-refractivity contribution in [3.05, 3.63) is 6.07 Å². The lowest BCUT2D eigenvalue weighted by molar-refractivity contribution is 0.280. The number of aromatic nitrogens is 2. The Labute approximate surface area is 114 Å². The highest BCUT2D eigenvalue weighted by Crippen LogP contribution is 2.22. The van der Waals surface area contributed by atoms with E-state index in [1.54, 1.807) is 17.8 Å². The van der Waals surface area contributed by atoms with Gasteiger partial charge in [-0.2, -0.15) is 9.97 Å². The molecule has 18 heavy (non-hydrogen) atoms. The average Bonchev–Trinajstić information content (AvgIpc) is 2.40. The van der Waals surface area contributed by atoms with Gasteiger partial charge in [-0.05, 0) is 19.3 Å². The van der Waals surface area contributed by atoms with E-state index in [0.29, 0.717) is 25.0 Å². The van der Waals surface area contributed by atoms with Crippen LogP contribution in [0.2, 0.25) is 0 Å². The monoisotopic (exact) mass is 270 g/mol. The Morgan fingerprint density at radius 3 is 1.94 bits per heavy atom. The normalized spacial score (nSPS) is 10.4. The second-order valence-electron chi connectivity index (χ2n) is 3.87. The molecule has 5 heteroatoms. The molecule has 0 aromatic carbocycles. The third kappa shape index (κ3) is 5.58. The zero-order chi connectivity index (χ0) is 13.2. The van der Waals surface area contributed by atoms with Crippen LogP contribution in [0.15, 0.2) is 11.2 Å². The number of hydrogen-bond donors (Lipinski definition) is 0. The van der Waals surface area contributed by atoms with E-state index in [0.717, 1.165) is 30.2 Å². The fourth-order valence-electron chi connectivity index (χ4n) is 1.20. The molecule has 1 heterocycles. The molecular formula is C13H22N2O2S. The number of hydrogen-bond acceptors (Lipinski definition) is 5. The average molecular weight is 270 g/mol. The Balaban J connectivity index is 2.74. The van der Waals surface area contributed by atoms with Crippen LogP contribution in [0.5, 0.6) is 11.8 Å². The fourth-order valence-corrected chi connectivity index (χ4v) is 1.90. The Morgan fingerprint density at radius 2 is 1.50 bits per heavy atom. The van der Waals surface area contributed by atoms with E-state index >= 15 is 0 Å². The first kappa shape index (κ1) is 15.1. The summed E-state index contributed by atoms with van der Waals surface area (Å²) in [5.74, 6) is 2.22. The molecular weight excluding hydrogens is 248 g/mol. The molecule has 0 N–H and O–H groups in total. The summed E-state index contributed by atoms with van der Waals surface area (Å²) in [5.41, 5.74) is 0. The van der Waals surface area contributed by atoms with E-state index < -0.39 is 0 Å². The van der Waals surface area contributed by atoms with Crippen LogP contribution < -0.4 is 9.47 Å². The van der Waals surface area contributed by atoms with Gasteiger partial charge in [-0.3, -0.25) is 0 Å². The second-order valence-corrected chi connectivity index (χ2v) is 4.93.